The van der Waals surface area contributed by atoms with Gasteiger partial charge in [-0.15, -0.1) is 11.3 Å². The molecule has 1 aliphatic carbocycles. The van der Waals surface area contributed by atoms with Gasteiger partial charge in [-0.2, -0.15) is 9.61 Å². The number of fused-ring (bicyclic) bond motifs is 1. The molecule has 3 amide bonds. The summed E-state index contributed by atoms with van der Waals surface area (Å²) in [7, 11) is 0. The zero-order valence-corrected chi connectivity index (χ0v) is 19.4. The van der Waals surface area contributed by atoms with Gasteiger partial charge < -0.3 is 15.4 Å². The number of nitrogens with zero attached hydrogens (tertiary/aromatic N) is 3. The van der Waals surface area contributed by atoms with Crippen molar-refractivity contribution in [1.82, 2.24) is 25.2 Å². The monoisotopic (exact) mass is 480 g/mol. The summed E-state index contributed by atoms with van der Waals surface area (Å²) in [5.41, 5.74) is 2.29. The number of thiophene rings is 1. The van der Waals surface area contributed by atoms with Crippen LogP contribution in [-0.2, 0) is 14.3 Å². The van der Waals surface area contributed by atoms with Gasteiger partial charge in [0.1, 0.15) is 5.82 Å². The predicted octanol–water partition coefficient (Wildman–Crippen LogP) is 2.23. The molecule has 2 fully saturated rings. The third-order valence-corrected chi connectivity index (χ3v) is 6.58. The van der Waals surface area contributed by atoms with Gasteiger partial charge in [-0.25, -0.2) is 4.98 Å². The number of amides is 3. The van der Waals surface area contributed by atoms with Crippen LogP contribution in [0.15, 0.2) is 30.0 Å². The van der Waals surface area contributed by atoms with Crippen LogP contribution in [0.3, 0.4) is 0 Å². The van der Waals surface area contributed by atoms with Crippen molar-refractivity contribution in [3.05, 3.63) is 40.4 Å². The number of imide groups is 1. The molecule has 176 valence electrons. The number of anilines is 1. The smallest absolute Gasteiger partial charge is 0.261 e. The van der Waals surface area contributed by atoms with E-state index in [1.807, 2.05) is 19.1 Å². The Balaban J connectivity index is 1.47. The standard InChI is InChI=1S/C23H24N6O4S/c1-2-33-8-7-24-23(32)18-6-5-17(34-18)16-11-19(26-15-3-4-15)29-21(27-16)14(12-25-29)9-13-10-20(30)28-22(13)31/h5-6,9,11-12,15,26H,2-4,7-8,10H2,1H3,(H,24,32)(H,28,30,31)/b13-9+. The lowest BCUT2D eigenvalue weighted by Gasteiger charge is -2.09. The lowest BCUT2D eigenvalue weighted by atomic mass is 10.1. The van der Waals surface area contributed by atoms with E-state index in [4.69, 9.17) is 9.72 Å². The molecule has 11 heteroatoms. The Labute approximate surface area is 199 Å². The van der Waals surface area contributed by atoms with Gasteiger partial charge in [-0.05, 0) is 38.0 Å². The molecule has 5 rings (SSSR count). The van der Waals surface area contributed by atoms with Crippen molar-refractivity contribution in [2.45, 2.75) is 32.2 Å². The Morgan fingerprint density at radius 3 is 2.94 bits per heavy atom. The number of aromatic nitrogens is 3. The van der Waals surface area contributed by atoms with Crippen molar-refractivity contribution in [2.24, 2.45) is 0 Å². The molecule has 10 nitrogen and oxygen atoms in total. The molecule has 34 heavy (non-hydrogen) atoms. The van der Waals surface area contributed by atoms with E-state index in [0.29, 0.717) is 53.2 Å². The minimum Gasteiger partial charge on any atom is -0.380 e. The topological polar surface area (TPSA) is 127 Å². The highest BCUT2D eigenvalue weighted by atomic mass is 32.1. The van der Waals surface area contributed by atoms with Gasteiger partial charge >= 0.3 is 0 Å². The summed E-state index contributed by atoms with van der Waals surface area (Å²) in [6.45, 7) is 3.44. The molecule has 1 aliphatic heterocycles. The minimum absolute atomic E-state index is 0.0374. The number of nitrogens with one attached hydrogen (secondary N) is 3. The lowest BCUT2D eigenvalue weighted by Crippen LogP contribution is -2.26. The molecule has 3 aromatic heterocycles. The van der Waals surface area contributed by atoms with E-state index in [9.17, 15) is 14.4 Å². The number of hydrogen-bond acceptors (Lipinski definition) is 8. The quantitative estimate of drug-likeness (QED) is 0.243. The molecule has 0 unspecified atom stereocenters. The summed E-state index contributed by atoms with van der Waals surface area (Å²) in [6.07, 6.45) is 5.51. The van der Waals surface area contributed by atoms with E-state index in [0.717, 1.165) is 23.5 Å². The van der Waals surface area contributed by atoms with Crippen LogP contribution in [-0.4, -0.2) is 58.1 Å². The first-order valence-electron chi connectivity index (χ1n) is 11.2. The first-order chi connectivity index (χ1) is 16.5. The summed E-state index contributed by atoms with van der Waals surface area (Å²) in [5, 5.41) is 13.1. The highest BCUT2D eigenvalue weighted by Crippen LogP contribution is 2.32. The molecule has 1 saturated heterocycles. The van der Waals surface area contributed by atoms with Gasteiger partial charge in [0.05, 0.1) is 34.7 Å². The van der Waals surface area contributed by atoms with Crippen molar-refractivity contribution in [3.63, 3.8) is 0 Å². The first-order valence-corrected chi connectivity index (χ1v) is 12.0. The maximum Gasteiger partial charge on any atom is 0.261 e. The summed E-state index contributed by atoms with van der Waals surface area (Å²) < 4.78 is 6.97. The highest BCUT2D eigenvalue weighted by Gasteiger charge is 2.26. The maximum absolute atomic E-state index is 12.5. The fourth-order valence-corrected chi connectivity index (χ4v) is 4.51. The molecule has 3 aromatic rings. The van der Waals surface area contributed by atoms with E-state index in [-0.39, 0.29) is 18.2 Å². The molecule has 0 atom stereocenters. The second-order valence-electron chi connectivity index (χ2n) is 8.12. The maximum atomic E-state index is 12.5. The second kappa shape index (κ2) is 9.35. The number of ether oxygens (including phenoxy) is 1. The second-order valence-corrected chi connectivity index (χ2v) is 9.20. The predicted molar refractivity (Wildman–Crippen MR) is 128 cm³/mol. The molecule has 0 aromatic carbocycles. The van der Waals surface area contributed by atoms with Crippen LogP contribution in [0.1, 0.15) is 41.4 Å². The van der Waals surface area contributed by atoms with Crippen molar-refractivity contribution < 1.29 is 19.1 Å². The third-order valence-electron chi connectivity index (χ3n) is 5.47. The largest absolute Gasteiger partial charge is 0.380 e. The van der Waals surface area contributed by atoms with Crippen LogP contribution >= 0.6 is 11.3 Å². The number of rotatable bonds is 9. The average Bonchev–Trinajstić information content (AvgIpc) is 3.19. The van der Waals surface area contributed by atoms with Gasteiger partial charge in [-0.3, -0.25) is 19.7 Å². The molecular formula is C23H24N6O4S. The highest BCUT2D eigenvalue weighted by molar-refractivity contribution is 7.17. The Bertz CT molecular complexity index is 1310. The molecule has 0 spiro atoms. The molecule has 4 heterocycles. The Hall–Kier alpha value is -3.57. The van der Waals surface area contributed by atoms with Crippen LogP contribution < -0.4 is 16.0 Å². The third kappa shape index (κ3) is 4.70. The van der Waals surface area contributed by atoms with Crippen molar-refractivity contribution >= 4 is 46.6 Å². The Morgan fingerprint density at radius 2 is 2.21 bits per heavy atom. The lowest BCUT2D eigenvalue weighted by molar-refractivity contribution is -0.124. The minimum atomic E-state index is -0.393. The summed E-state index contributed by atoms with van der Waals surface area (Å²) in [4.78, 5) is 42.3. The van der Waals surface area contributed by atoms with Crippen molar-refractivity contribution in [1.29, 1.82) is 0 Å². The Morgan fingerprint density at radius 1 is 1.35 bits per heavy atom. The number of hydrogen-bond donors (Lipinski definition) is 3. The van der Waals surface area contributed by atoms with E-state index < -0.39 is 5.91 Å². The molecule has 1 saturated carbocycles. The summed E-state index contributed by atoms with van der Waals surface area (Å²) in [5.74, 6) is -0.0755. The summed E-state index contributed by atoms with van der Waals surface area (Å²) in [6, 6.07) is 5.96. The molecule has 0 radical (unpaired) electrons. The average molecular weight is 481 g/mol. The van der Waals surface area contributed by atoms with Gasteiger partial charge in [0.25, 0.3) is 11.8 Å². The van der Waals surface area contributed by atoms with E-state index in [2.05, 4.69) is 21.0 Å². The van der Waals surface area contributed by atoms with Crippen molar-refractivity contribution in [2.75, 3.05) is 25.1 Å². The zero-order valence-electron chi connectivity index (χ0n) is 18.6. The van der Waals surface area contributed by atoms with E-state index in [1.54, 1.807) is 22.9 Å². The van der Waals surface area contributed by atoms with Crippen LogP contribution in [0.2, 0.25) is 0 Å². The summed E-state index contributed by atoms with van der Waals surface area (Å²) >= 11 is 1.35. The Kier molecular flexibility index (Phi) is 6.12. The van der Waals surface area contributed by atoms with E-state index >= 15 is 0 Å². The van der Waals surface area contributed by atoms with E-state index in [1.165, 1.54) is 11.3 Å². The van der Waals surface area contributed by atoms with Crippen LogP contribution in [0, 0.1) is 0 Å². The van der Waals surface area contributed by atoms with Gasteiger partial charge in [-0.1, -0.05) is 0 Å². The molecule has 3 N–H and O–H groups in total. The number of carbonyl (C=O) groups is 3. The van der Waals surface area contributed by atoms with Crippen LogP contribution in [0.5, 0.6) is 0 Å². The van der Waals surface area contributed by atoms with Crippen LogP contribution in [0.25, 0.3) is 22.3 Å². The number of carbonyl (C=O) groups excluding carboxylic acids is 3. The fraction of sp³-hybridized carbons (Fsp3) is 0.348. The fourth-order valence-electron chi connectivity index (χ4n) is 3.62. The zero-order chi connectivity index (χ0) is 23.7. The first kappa shape index (κ1) is 22.2. The van der Waals surface area contributed by atoms with Crippen molar-refractivity contribution in [3.8, 4) is 10.6 Å². The van der Waals surface area contributed by atoms with Gasteiger partial charge in [0, 0.05) is 36.4 Å². The SMILES string of the molecule is CCOCCNC(=O)c1ccc(-c2cc(NC3CC3)n3ncc(/C=C4\CC(=O)NC4=O)c3n2)s1. The normalized spacial score (nSPS) is 16.9. The molecule has 2 aliphatic rings. The molecular weight excluding hydrogens is 456 g/mol. The van der Waals surface area contributed by atoms with Gasteiger partial charge in [0.2, 0.25) is 5.91 Å². The van der Waals surface area contributed by atoms with Gasteiger partial charge in [0.15, 0.2) is 5.65 Å². The van der Waals surface area contributed by atoms with Crippen LogP contribution in [0.4, 0.5) is 5.82 Å². The molecule has 0 bridgehead atoms.